The fourth-order valence-corrected chi connectivity index (χ4v) is 1.86. The molecule has 0 amide bonds. The first-order valence-electron chi connectivity index (χ1n) is 5.84. The Morgan fingerprint density at radius 1 is 1.43 bits per heavy atom. The standard InChI is InChI=1S/C12H24N2/c1-4-11(2)9-13-12(3)10-14-7-5-6-8-14/h12-13H,2,4-10H2,1,3H3. The molecule has 1 heterocycles. The zero-order valence-corrected chi connectivity index (χ0v) is 9.68. The van der Waals surface area contributed by atoms with Crippen LogP contribution in [-0.4, -0.2) is 37.1 Å². The minimum absolute atomic E-state index is 0.594. The molecule has 0 saturated carbocycles. The molecule has 1 saturated heterocycles. The number of rotatable bonds is 6. The summed E-state index contributed by atoms with van der Waals surface area (Å²) in [5, 5.41) is 3.52. The molecule has 0 aromatic rings. The number of hydrogen-bond acceptors (Lipinski definition) is 2. The molecule has 0 aromatic heterocycles. The first kappa shape index (κ1) is 11.7. The van der Waals surface area contributed by atoms with Gasteiger partial charge in [0.1, 0.15) is 0 Å². The van der Waals surface area contributed by atoms with Gasteiger partial charge in [-0.3, -0.25) is 0 Å². The minimum Gasteiger partial charge on any atom is -0.309 e. The summed E-state index contributed by atoms with van der Waals surface area (Å²) in [6, 6.07) is 0.594. The van der Waals surface area contributed by atoms with E-state index in [4.69, 9.17) is 0 Å². The van der Waals surface area contributed by atoms with Crippen LogP contribution >= 0.6 is 0 Å². The topological polar surface area (TPSA) is 15.3 Å². The molecule has 82 valence electrons. The summed E-state index contributed by atoms with van der Waals surface area (Å²) in [5.74, 6) is 0. The second-order valence-electron chi connectivity index (χ2n) is 4.39. The van der Waals surface area contributed by atoms with Crippen molar-refractivity contribution in [2.24, 2.45) is 0 Å². The quantitative estimate of drug-likeness (QED) is 0.654. The Balaban J connectivity index is 2.08. The maximum atomic E-state index is 4.00. The van der Waals surface area contributed by atoms with Gasteiger partial charge in [0.2, 0.25) is 0 Å². The fourth-order valence-electron chi connectivity index (χ4n) is 1.86. The molecule has 1 fully saturated rings. The highest BCUT2D eigenvalue weighted by molar-refractivity contribution is 4.95. The third-order valence-corrected chi connectivity index (χ3v) is 2.93. The van der Waals surface area contributed by atoms with Crippen molar-refractivity contribution in [3.05, 3.63) is 12.2 Å². The van der Waals surface area contributed by atoms with Crippen LogP contribution < -0.4 is 5.32 Å². The molecular weight excluding hydrogens is 172 g/mol. The van der Waals surface area contributed by atoms with Crippen LogP contribution in [0, 0.1) is 0 Å². The van der Waals surface area contributed by atoms with Crippen molar-refractivity contribution in [2.45, 2.75) is 39.2 Å². The summed E-state index contributed by atoms with van der Waals surface area (Å²) in [4.78, 5) is 2.55. The highest BCUT2D eigenvalue weighted by atomic mass is 15.2. The Morgan fingerprint density at radius 3 is 2.64 bits per heavy atom. The average molecular weight is 196 g/mol. The van der Waals surface area contributed by atoms with Crippen molar-refractivity contribution in [2.75, 3.05) is 26.2 Å². The van der Waals surface area contributed by atoms with Crippen molar-refractivity contribution >= 4 is 0 Å². The predicted molar refractivity (Wildman–Crippen MR) is 62.6 cm³/mol. The first-order valence-corrected chi connectivity index (χ1v) is 5.84. The maximum absolute atomic E-state index is 4.00. The third kappa shape index (κ3) is 4.25. The summed E-state index contributed by atoms with van der Waals surface area (Å²) >= 11 is 0. The van der Waals surface area contributed by atoms with E-state index in [0.717, 1.165) is 13.0 Å². The molecule has 2 heteroatoms. The number of likely N-dealkylation sites (tertiary alicyclic amines) is 1. The summed E-state index contributed by atoms with van der Waals surface area (Å²) < 4.78 is 0. The van der Waals surface area contributed by atoms with Crippen LogP contribution in [0.4, 0.5) is 0 Å². The highest BCUT2D eigenvalue weighted by Gasteiger charge is 2.13. The first-order chi connectivity index (χ1) is 6.72. The number of nitrogens with one attached hydrogen (secondary N) is 1. The van der Waals surface area contributed by atoms with Gasteiger partial charge in [0.25, 0.3) is 0 Å². The SMILES string of the molecule is C=C(CC)CNC(C)CN1CCCC1. The lowest BCUT2D eigenvalue weighted by molar-refractivity contribution is 0.301. The van der Waals surface area contributed by atoms with Crippen molar-refractivity contribution < 1.29 is 0 Å². The molecule has 14 heavy (non-hydrogen) atoms. The highest BCUT2D eigenvalue weighted by Crippen LogP contribution is 2.07. The Hall–Kier alpha value is -0.340. The molecule has 0 spiro atoms. The molecular formula is C12H24N2. The van der Waals surface area contributed by atoms with Gasteiger partial charge in [-0.25, -0.2) is 0 Å². The zero-order chi connectivity index (χ0) is 10.4. The lowest BCUT2D eigenvalue weighted by Gasteiger charge is -2.21. The van der Waals surface area contributed by atoms with E-state index in [2.05, 4.69) is 30.6 Å². The van der Waals surface area contributed by atoms with Crippen LogP contribution in [0.3, 0.4) is 0 Å². The lowest BCUT2D eigenvalue weighted by Crippen LogP contribution is -2.38. The van der Waals surface area contributed by atoms with Crippen molar-refractivity contribution in [3.63, 3.8) is 0 Å². The van der Waals surface area contributed by atoms with Crippen LogP contribution in [0.15, 0.2) is 12.2 Å². The third-order valence-electron chi connectivity index (χ3n) is 2.93. The van der Waals surface area contributed by atoms with Crippen LogP contribution in [0.1, 0.15) is 33.1 Å². The van der Waals surface area contributed by atoms with E-state index in [0.29, 0.717) is 6.04 Å². The fraction of sp³-hybridized carbons (Fsp3) is 0.833. The maximum Gasteiger partial charge on any atom is 0.0169 e. The molecule has 0 aromatic carbocycles. The second kappa shape index (κ2) is 6.20. The second-order valence-corrected chi connectivity index (χ2v) is 4.39. The van der Waals surface area contributed by atoms with Gasteiger partial charge < -0.3 is 10.2 Å². The molecule has 1 N–H and O–H groups in total. The Kier molecular flexibility index (Phi) is 5.20. The van der Waals surface area contributed by atoms with Crippen molar-refractivity contribution in [1.29, 1.82) is 0 Å². The molecule has 0 radical (unpaired) electrons. The van der Waals surface area contributed by atoms with E-state index >= 15 is 0 Å². The number of nitrogens with zero attached hydrogens (tertiary/aromatic N) is 1. The Labute approximate surface area is 88.4 Å². The summed E-state index contributed by atoms with van der Waals surface area (Å²) in [6.07, 6.45) is 3.85. The van der Waals surface area contributed by atoms with Gasteiger partial charge in [-0.15, -0.1) is 0 Å². The summed E-state index contributed by atoms with van der Waals surface area (Å²) in [7, 11) is 0. The largest absolute Gasteiger partial charge is 0.309 e. The predicted octanol–water partition coefficient (Wildman–Crippen LogP) is 2.03. The molecule has 0 bridgehead atoms. The number of hydrogen-bond donors (Lipinski definition) is 1. The van der Waals surface area contributed by atoms with Gasteiger partial charge in [-0.1, -0.05) is 19.1 Å². The van der Waals surface area contributed by atoms with Crippen LogP contribution in [-0.2, 0) is 0 Å². The van der Waals surface area contributed by atoms with Gasteiger partial charge in [-0.2, -0.15) is 0 Å². The Morgan fingerprint density at radius 2 is 2.07 bits per heavy atom. The van der Waals surface area contributed by atoms with E-state index in [1.807, 2.05) is 0 Å². The molecule has 0 aliphatic carbocycles. The monoisotopic (exact) mass is 196 g/mol. The smallest absolute Gasteiger partial charge is 0.0169 e. The van der Waals surface area contributed by atoms with Crippen LogP contribution in [0.25, 0.3) is 0 Å². The molecule has 2 nitrogen and oxygen atoms in total. The molecule has 1 atom stereocenters. The van der Waals surface area contributed by atoms with Crippen molar-refractivity contribution in [3.8, 4) is 0 Å². The minimum atomic E-state index is 0.594. The molecule has 1 aliphatic rings. The van der Waals surface area contributed by atoms with Gasteiger partial charge in [-0.05, 0) is 39.3 Å². The summed E-state index contributed by atoms with van der Waals surface area (Å²) in [5.41, 5.74) is 1.30. The normalized spacial score (nSPS) is 19.9. The average Bonchev–Trinajstić information content (AvgIpc) is 2.66. The van der Waals surface area contributed by atoms with Crippen molar-refractivity contribution in [1.82, 2.24) is 10.2 Å². The Bertz CT molecular complexity index is 171. The lowest BCUT2D eigenvalue weighted by atomic mass is 10.2. The van der Waals surface area contributed by atoms with E-state index in [9.17, 15) is 0 Å². The molecule has 1 rings (SSSR count). The molecule has 1 aliphatic heterocycles. The summed E-state index contributed by atoms with van der Waals surface area (Å²) in [6.45, 7) is 13.2. The molecule has 1 unspecified atom stereocenters. The van der Waals surface area contributed by atoms with E-state index < -0.39 is 0 Å². The zero-order valence-electron chi connectivity index (χ0n) is 9.68. The van der Waals surface area contributed by atoms with Gasteiger partial charge in [0.15, 0.2) is 0 Å². The van der Waals surface area contributed by atoms with Gasteiger partial charge in [0.05, 0.1) is 0 Å². The van der Waals surface area contributed by atoms with E-state index in [-0.39, 0.29) is 0 Å². The van der Waals surface area contributed by atoms with Crippen LogP contribution in [0.2, 0.25) is 0 Å². The van der Waals surface area contributed by atoms with E-state index in [1.165, 1.54) is 38.0 Å². The van der Waals surface area contributed by atoms with Gasteiger partial charge >= 0.3 is 0 Å². The van der Waals surface area contributed by atoms with E-state index in [1.54, 1.807) is 0 Å². The van der Waals surface area contributed by atoms with Crippen LogP contribution in [0.5, 0.6) is 0 Å². The van der Waals surface area contributed by atoms with Gasteiger partial charge in [0, 0.05) is 19.1 Å².